The molecule has 98 valence electrons. The molecule has 1 fully saturated rings. The van der Waals surface area contributed by atoms with Crippen molar-refractivity contribution in [3.05, 3.63) is 40.1 Å². The van der Waals surface area contributed by atoms with E-state index in [4.69, 9.17) is 9.72 Å². The molecule has 2 aromatic rings. The summed E-state index contributed by atoms with van der Waals surface area (Å²) < 4.78 is 6.56. The van der Waals surface area contributed by atoms with E-state index in [-0.39, 0.29) is 0 Å². The number of hydrogen-bond donors (Lipinski definition) is 0. The SMILES string of the molecule is Ic1cc(-c2ccccn2)nc(N2CCOCC2)c1. The van der Waals surface area contributed by atoms with Crippen molar-refractivity contribution in [2.45, 2.75) is 0 Å². The lowest BCUT2D eigenvalue weighted by Crippen LogP contribution is -2.36. The number of pyridine rings is 2. The number of hydrogen-bond acceptors (Lipinski definition) is 4. The average Bonchev–Trinajstić information content (AvgIpc) is 2.48. The van der Waals surface area contributed by atoms with E-state index in [1.807, 2.05) is 18.2 Å². The topological polar surface area (TPSA) is 38.2 Å². The van der Waals surface area contributed by atoms with Gasteiger partial charge in [0.25, 0.3) is 0 Å². The smallest absolute Gasteiger partial charge is 0.130 e. The predicted molar refractivity (Wildman–Crippen MR) is 83.2 cm³/mol. The Balaban J connectivity index is 1.96. The Kier molecular flexibility index (Phi) is 3.93. The zero-order valence-corrected chi connectivity index (χ0v) is 12.6. The number of anilines is 1. The molecule has 0 amide bonds. The second-order valence-corrected chi connectivity index (χ2v) is 5.59. The molecule has 0 bridgehead atoms. The Labute approximate surface area is 126 Å². The molecule has 0 N–H and O–H groups in total. The van der Waals surface area contributed by atoms with E-state index in [9.17, 15) is 0 Å². The van der Waals surface area contributed by atoms with Crippen molar-refractivity contribution in [3.8, 4) is 11.4 Å². The molecule has 19 heavy (non-hydrogen) atoms. The van der Waals surface area contributed by atoms with E-state index in [2.05, 4.69) is 44.6 Å². The first-order valence-corrected chi connectivity index (χ1v) is 7.32. The molecule has 1 saturated heterocycles. The standard InChI is InChI=1S/C14H14IN3O/c15-11-9-13(12-3-1-2-4-16-12)17-14(10-11)18-5-7-19-8-6-18/h1-4,9-10H,5-8H2. The minimum atomic E-state index is 0.770. The van der Waals surface area contributed by atoms with Crippen molar-refractivity contribution in [2.75, 3.05) is 31.2 Å². The highest BCUT2D eigenvalue weighted by molar-refractivity contribution is 14.1. The van der Waals surface area contributed by atoms with Crippen LogP contribution in [0.4, 0.5) is 5.82 Å². The van der Waals surface area contributed by atoms with Crippen LogP contribution in [0.2, 0.25) is 0 Å². The average molecular weight is 367 g/mol. The summed E-state index contributed by atoms with van der Waals surface area (Å²) in [5, 5.41) is 0. The van der Waals surface area contributed by atoms with Crippen LogP contribution in [0.5, 0.6) is 0 Å². The maximum absolute atomic E-state index is 5.38. The Bertz CT molecular complexity index is 556. The Morgan fingerprint density at radius 1 is 1.11 bits per heavy atom. The van der Waals surface area contributed by atoms with Crippen LogP contribution in [0.1, 0.15) is 0 Å². The summed E-state index contributed by atoms with van der Waals surface area (Å²) in [6.45, 7) is 3.33. The second kappa shape index (κ2) is 5.83. The highest BCUT2D eigenvalue weighted by Gasteiger charge is 2.14. The van der Waals surface area contributed by atoms with Crippen LogP contribution in [-0.4, -0.2) is 36.3 Å². The van der Waals surface area contributed by atoms with Gasteiger partial charge in [-0.05, 0) is 46.9 Å². The molecule has 1 aliphatic heterocycles. The van der Waals surface area contributed by atoms with Gasteiger partial charge in [0.15, 0.2) is 0 Å². The summed E-state index contributed by atoms with van der Waals surface area (Å²) in [5.74, 6) is 1.01. The van der Waals surface area contributed by atoms with Gasteiger partial charge in [0, 0.05) is 22.9 Å². The zero-order valence-electron chi connectivity index (χ0n) is 10.4. The van der Waals surface area contributed by atoms with Gasteiger partial charge in [-0.15, -0.1) is 0 Å². The summed E-state index contributed by atoms with van der Waals surface area (Å²) in [5.41, 5.74) is 1.84. The third-order valence-electron chi connectivity index (χ3n) is 3.04. The summed E-state index contributed by atoms with van der Waals surface area (Å²) in [6, 6.07) is 10.1. The monoisotopic (exact) mass is 367 g/mol. The fourth-order valence-corrected chi connectivity index (χ4v) is 2.66. The maximum atomic E-state index is 5.38. The first-order valence-electron chi connectivity index (χ1n) is 6.24. The second-order valence-electron chi connectivity index (χ2n) is 4.34. The molecule has 3 heterocycles. The molecule has 2 aromatic heterocycles. The summed E-state index contributed by atoms with van der Waals surface area (Å²) >= 11 is 2.33. The third kappa shape index (κ3) is 3.03. The maximum Gasteiger partial charge on any atom is 0.130 e. The fourth-order valence-electron chi connectivity index (χ4n) is 2.08. The van der Waals surface area contributed by atoms with Crippen molar-refractivity contribution in [1.29, 1.82) is 0 Å². The molecular weight excluding hydrogens is 353 g/mol. The van der Waals surface area contributed by atoms with Crippen LogP contribution in [0.3, 0.4) is 0 Å². The van der Waals surface area contributed by atoms with E-state index in [0.717, 1.165) is 43.5 Å². The molecule has 0 saturated carbocycles. The van der Waals surface area contributed by atoms with Crippen molar-refractivity contribution in [3.63, 3.8) is 0 Å². The molecule has 0 radical (unpaired) electrons. The lowest BCUT2D eigenvalue weighted by molar-refractivity contribution is 0.122. The van der Waals surface area contributed by atoms with Gasteiger partial charge in [0.2, 0.25) is 0 Å². The Morgan fingerprint density at radius 2 is 1.95 bits per heavy atom. The molecular formula is C14H14IN3O. The van der Waals surface area contributed by atoms with Crippen molar-refractivity contribution in [1.82, 2.24) is 9.97 Å². The molecule has 0 unspecified atom stereocenters. The van der Waals surface area contributed by atoms with Crippen LogP contribution in [0, 0.1) is 3.57 Å². The summed E-state index contributed by atoms with van der Waals surface area (Å²) in [7, 11) is 0. The third-order valence-corrected chi connectivity index (χ3v) is 3.66. The number of nitrogens with zero attached hydrogens (tertiary/aromatic N) is 3. The number of aromatic nitrogens is 2. The van der Waals surface area contributed by atoms with E-state index in [1.54, 1.807) is 6.20 Å². The van der Waals surface area contributed by atoms with Gasteiger partial charge in [0.1, 0.15) is 5.82 Å². The van der Waals surface area contributed by atoms with Crippen molar-refractivity contribution >= 4 is 28.4 Å². The van der Waals surface area contributed by atoms with Gasteiger partial charge >= 0.3 is 0 Å². The number of rotatable bonds is 2. The van der Waals surface area contributed by atoms with Gasteiger partial charge in [-0.25, -0.2) is 4.98 Å². The lowest BCUT2D eigenvalue weighted by Gasteiger charge is -2.28. The minimum absolute atomic E-state index is 0.770. The zero-order chi connectivity index (χ0) is 13.1. The minimum Gasteiger partial charge on any atom is -0.378 e. The van der Waals surface area contributed by atoms with Gasteiger partial charge in [0.05, 0.1) is 24.6 Å². The molecule has 0 aliphatic carbocycles. The number of morpholine rings is 1. The van der Waals surface area contributed by atoms with Crippen LogP contribution < -0.4 is 4.90 Å². The highest BCUT2D eigenvalue weighted by atomic mass is 127. The normalized spacial score (nSPS) is 15.5. The summed E-state index contributed by atoms with van der Waals surface area (Å²) in [6.07, 6.45) is 1.80. The molecule has 0 atom stereocenters. The Morgan fingerprint density at radius 3 is 2.68 bits per heavy atom. The van der Waals surface area contributed by atoms with Crippen molar-refractivity contribution in [2.24, 2.45) is 0 Å². The molecule has 4 nitrogen and oxygen atoms in total. The predicted octanol–water partition coefficient (Wildman–Crippen LogP) is 2.58. The number of halogens is 1. The van der Waals surface area contributed by atoms with Crippen LogP contribution in [0.15, 0.2) is 36.5 Å². The first-order chi connectivity index (χ1) is 9.33. The summed E-state index contributed by atoms with van der Waals surface area (Å²) in [4.78, 5) is 11.4. The first kappa shape index (κ1) is 12.8. The number of ether oxygens (including phenoxy) is 1. The van der Waals surface area contributed by atoms with E-state index in [1.165, 1.54) is 3.57 Å². The quantitative estimate of drug-likeness (QED) is 0.765. The molecule has 3 rings (SSSR count). The largest absolute Gasteiger partial charge is 0.378 e. The molecule has 0 spiro atoms. The van der Waals surface area contributed by atoms with Crippen LogP contribution in [-0.2, 0) is 4.74 Å². The van der Waals surface area contributed by atoms with Gasteiger partial charge in [-0.3, -0.25) is 4.98 Å². The van der Waals surface area contributed by atoms with Gasteiger partial charge < -0.3 is 9.64 Å². The van der Waals surface area contributed by atoms with Gasteiger partial charge in [-0.2, -0.15) is 0 Å². The Hall–Kier alpha value is -1.21. The fraction of sp³-hybridized carbons (Fsp3) is 0.286. The van der Waals surface area contributed by atoms with E-state index >= 15 is 0 Å². The molecule has 1 aliphatic rings. The van der Waals surface area contributed by atoms with Gasteiger partial charge in [-0.1, -0.05) is 6.07 Å². The highest BCUT2D eigenvalue weighted by Crippen LogP contribution is 2.23. The molecule has 0 aromatic carbocycles. The lowest BCUT2D eigenvalue weighted by atomic mass is 10.2. The van der Waals surface area contributed by atoms with E-state index < -0.39 is 0 Å². The van der Waals surface area contributed by atoms with Crippen LogP contribution >= 0.6 is 22.6 Å². The molecule has 5 heteroatoms. The van der Waals surface area contributed by atoms with E-state index in [0.29, 0.717) is 0 Å². The van der Waals surface area contributed by atoms with Crippen LogP contribution in [0.25, 0.3) is 11.4 Å². The van der Waals surface area contributed by atoms with Crippen molar-refractivity contribution < 1.29 is 4.74 Å².